The number of carbonyl (C=O) groups excluding carboxylic acids is 2. The van der Waals surface area contributed by atoms with Crippen LogP contribution >= 0.6 is 0 Å². The lowest BCUT2D eigenvalue weighted by Gasteiger charge is -2.28. The third kappa shape index (κ3) is 5.11. The highest BCUT2D eigenvalue weighted by Crippen LogP contribution is 2.03. The molecular formula is C11H23N3O2. The van der Waals surface area contributed by atoms with E-state index in [9.17, 15) is 9.59 Å². The van der Waals surface area contributed by atoms with Crippen molar-refractivity contribution in [3.8, 4) is 0 Å². The number of likely N-dealkylation sites (N-methyl/N-ethyl adjacent to an activating group) is 1. The molecule has 0 rings (SSSR count). The van der Waals surface area contributed by atoms with Crippen molar-refractivity contribution in [2.75, 3.05) is 13.1 Å². The highest BCUT2D eigenvalue weighted by Gasteiger charge is 2.28. The third-order valence-electron chi connectivity index (χ3n) is 2.00. The highest BCUT2D eigenvalue weighted by molar-refractivity contribution is 5.89. The quantitative estimate of drug-likeness (QED) is 0.702. The molecule has 5 heteroatoms. The SMILES string of the molecule is CCN(CC(=O)NC(C)C)C(=O)C(C)(C)N. The molecule has 0 aliphatic rings. The molecule has 5 nitrogen and oxygen atoms in total. The lowest BCUT2D eigenvalue weighted by atomic mass is 10.1. The van der Waals surface area contributed by atoms with Gasteiger partial charge in [-0.15, -0.1) is 0 Å². The minimum Gasteiger partial charge on any atom is -0.352 e. The number of amides is 2. The molecule has 0 radical (unpaired) electrons. The van der Waals surface area contributed by atoms with Crippen molar-refractivity contribution in [1.29, 1.82) is 0 Å². The Morgan fingerprint density at radius 3 is 2.19 bits per heavy atom. The molecule has 0 aromatic carbocycles. The predicted molar refractivity (Wildman–Crippen MR) is 63.8 cm³/mol. The van der Waals surface area contributed by atoms with Crippen LogP contribution in [0.3, 0.4) is 0 Å². The van der Waals surface area contributed by atoms with E-state index in [1.165, 1.54) is 4.90 Å². The number of hydrogen-bond donors (Lipinski definition) is 2. The van der Waals surface area contributed by atoms with Crippen molar-refractivity contribution in [3.05, 3.63) is 0 Å². The van der Waals surface area contributed by atoms with Crippen LogP contribution in [0.5, 0.6) is 0 Å². The van der Waals surface area contributed by atoms with Gasteiger partial charge in [0.2, 0.25) is 11.8 Å². The lowest BCUT2D eigenvalue weighted by molar-refractivity contribution is -0.139. The summed E-state index contributed by atoms with van der Waals surface area (Å²) in [7, 11) is 0. The molecule has 0 aromatic heterocycles. The number of nitrogens with two attached hydrogens (primary N) is 1. The molecule has 0 heterocycles. The summed E-state index contributed by atoms with van der Waals surface area (Å²) in [4.78, 5) is 24.8. The lowest BCUT2D eigenvalue weighted by Crippen LogP contribution is -2.53. The molecule has 0 aromatic rings. The van der Waals surface area contributed by atoms with E-state index < -0.39 is 5.54 Å². The summed E-state index contributed by atoms with van der Waals surface area (Å²) < 4.78 is 0. The highest BCUT2D eigenvalue weighted by atomic mass is 16.2. The van der Waals surface area contributed by atoms with E-state index >= 15 is 0 Å². The summed E-state index contributed by atoms with van der Waals surface area (Å²) >= 11 is 0. The predicted octanol–water partition coefficient (Wildman–Crippen LogP) is 0.0968. The second-order valence-corrected chi connectivity index (χ2v) is 4.76. The minimum atomic E-state index is -0.936. The van der Waals surface area contributed by atoms with Gasteiger partial charge in [0.15, 0.2) is 0 Å². The molecule has 0 aliphatic heterocycles. The topological polar surface area (TPSA) is 75.4 Å². The minimum absolute atomic E-state index is 0.0636. The first-order valence-electron chi connectivity index (χ1n) is 5.56. The van der Waals surface area contributed by atoms with E-state index in [4.69, 9.17) is 5.73 Å². The number of rotatable bonds is 5. The first-order chi connectivity index (χ1) is 7.18. The number of nitrogens with zero attached hydrogens (tertiary/aromatic N) is 1. The van der Waals surface area contributed by atoms with Crippen LogP contribution in [0.25, 0.3) is 0 Å². The van der Waals surface area contributed by atoms with E-state index in [-0.39, 0.29) is 24.4 Å². The first kappa shape index (κ1) is 14.9. The molecule has 0 saturated carbocycles. The smallest absolute Gasteiger partial charge is 0.242 e. The summed E-state index contributed by atoms with van der Waals surface area (Å²) in [6.45, 7) is 9.40. The zero-order valence-electron chi connectivity index (χ0n) is 10.8. The van der Waals surface area contributed by atoms with Crippen molar-refractivity contribution >= 4 is 11.8 Å². The molecule has 0 aliphatic carbocycles. The van der Waals surface area contributed by atoms with E-state index in [0.29, 0.717) is 6.54 Å². The van der Waals surface area contributed by atoms with Gasteiger partial charge in [-0.25, -0.2) is 0 Å². The molecular weight excluding hydrogens is 206 g/mol. The van der Waals surface area contributed by atoms with E-state index in [0.717, 1.165) is 0 Å². The zero-order chi connectivity index (χ0) is 12.9. The monoisotopic (exact) mass is 229 g/mol. The summed E-state index contributed by atoms with van der Waals surface area (Å²) in [5.41, 5.74) is 4.77. The molecule has 0 fully saturated rings. The maximum Gasteiger partial charge on any atom is 0.242 e. The number of nitrogens with one attached hydrogen (secondary N) is 1. The van der Waals surface area contributed by atoms with Crippen LogP contribution < -0.4 is 11.1 Å². The summed E-state index contributed by atoms with van der Waals surface area (Å²) in [6, 6.07) is 0.0761. The number of carbonyl (C=O) groups is 2. The molecule has 0 saturated heterocycles. The Labute approximate surface area is 97.4 Å². The second-order valence-electron chi connectivity index (χ2n) is 4.76. The maximum atomic E-state index is 11.8. The molecule has 16 heavy (non-hydrogen) atoms. The Bertz CT molecular complexity index is 256. The molecule has 0 atom stereocenters. The van der Waals surface area contributed by atoms with Gasteiger partial charge in [0.1, 0.15) is 0 Å². The van der Waals surface area contributed by atoms with Crippen LogP contribution in [0, 0.1) is 0 Å². The van der Waals surface area contributed by atoms with Gasteiger partial charge in [-0.3, -0.25) is 9.59 Å². The van der Waals surface area contributed by atoms with Gasteiger partial charge in [0.05, 0.1) is 12.1 Å². The number of hydrogen-bond acceptors (Lipinski definition) is 3. The second kappa shape index (κ2) is 5.84. The van der Waals surface area contributed by atoms with Crippen LogP contribution in [-0.4, -0.2) is 41.4 Å². The average Bonchev–Trinajstić information content (AvgIpc) is 2.10. The molecule has 3 N–H and O–H groups in total. The van der Waals surface area contributed by atoms with E-state index in [2.05, 4.69) is 5.32 Å². The molecule has 0 bridgehead atoms. The Hall–Kier alpha value is -1.10. The van der Waals surface area contributed by atoms with Crippen molar-refractivity contribution in [2.24, 2.45) is 5.73 Å². The maximum absolute atomic E-state index is 11.8. The van der Waals surface area contributed by atoms with Crippen molar-refractivity contribution in [3.63, 3.8) is 0 Å². The van der Waals surface area contributed by atoms with Gasteiger partial charge in [0.25, 0.3) is 0 Å². The van der Waals surface area contributed by atoms with Crippen molar-refractivity contribution in [1.82, 2.24) is 10.2 Å². The van der Waals surface area contributed by atoms with Crippen molar-refractivity contribution < 1.29 is 9.59 Å². The van der Waals surface area contributed by atoms with Gasteiger partial charge in [0, 0.05) is 12.6 Å². The molecule has 94 valence electrons. The first-order valence-corrected chi connectivity index (χ1v) is 5.56. The normalized spacial score (nSPS) is 11.4. The summed E-state index contributed by atoms with van der Waals surface area (Å²) in [6.07, 6.45) is 0. The fraction of sp³-hybridized carbons (Fsp3) is 0.818. The molecule has 2 amide bonds. The van der Waals surface area contributed by atoms with Crippen LogP contribution in [0.1, 0.15) is 34.6 Å². The van der Waals surface area contributed by atoms with Crippen molar-refractivity contribution in [2.45, 2.75) is 46.2 Å². The van der Waals surface area contributed by atoms with Crippen LogP contribution in [0.2, 0.25) is 0 Å². The van der Waals surface area contributed by atoms with Crippen LogP contribution in [0.4, 0.5) is 0 Å². The van der Waals surface area contributed by atoms with Gasteiger partial charge in [-0.2, -0.15) is 0 Å². The Kier molecular flexibility index (Phi) is 5.44. The third-order valence-corrected chi connectivity index (χ3v) is 2.00. The molecule has 0 spiro atoms. The van der Waals surface area contributed by atoms with Gasteiger partial charge >= 0.3 is 0 Å². The fourth-order valence-corrected chi connectivity index (χ4v) is 1.28. The Morgan fingerprint density at radius 1 is 1.38 bits per heavy atom. The van der Waals surface area contributed by atoms with Gasteiger partial charge < -0.3 is 16.0 Å². The molecule has 0 unspecified atom stereocenters. The standard InChI is InChI=1S/C11H23N3O2/c1-6-14(10(16)11(4,5)12)7-9(15)13-8(2)3/h8H,6-7,12H2,1-5H3,(H,13,15). The van der Waals surface area contributed by atoms with Crippen LogP contribution in [0.15, 0.2) is 0 Å². The average molecular weight is 229 g/mol. The van der Waals surface area contributed by atoms with E-state index in [1.807, 2.05) is 20.8 Å². The zero-order valence-corrected chi connectivity index (χ0v) is 10.8. The van der Waals surface area contributed by atoms with E-state index in [1.54, 1.807) is 13.8 Å². The largest absolute Gasteiger partial charge is 0.352 e. The fourth-order valence-electron chi connectivity index (χ4n) is 1.28. The Balaban J connectivity index is 4.42. The van der Waals surface area contributed by atoms with Crippen LogP contribution in [-0.2, 0) is 9.59 Å². The van der Waals surface area contributed by atoms with Gasteiger partial charge in [-0.1, -0.05) is 0 Å². The Morgan fingerprint density at radius 2 is 1.88 bits per heavy atom. The summed E-state index contributed by atoms with van der Waals surface area (Å²) in [5.74, 6) is -0.372. The summed E-state index contributed by atoms with van der Waals surface area (Å²) in [5, 5.41) is 2.74. The van der Waals surface area contributed by atoms with Gasteiger partial charge in [-0.05, 0) is 34.6 Å².